The SMILES string of the molecule is O[C@H]1CCN(C(C2CCCO2)C(F)(F)F)C1. The Hall–Kier alpha value is -0.330. The number of alkyl halides is 3. The summed E-state index contributed by atoms with van der Waals surface area (Å²) >= 11 is 0. The smallest absolute Gasteiger partial charge is 0.392 e. The fourth-order valence-electron chi connectivity index (χ4n) is 2.53. The van der Waals surface area contributed by atoms with E-state index in [-0.39, 0.29) is 6.54 Å². The van der Waals surface area contributed by atoms with Crippen LogP contribution in [0, 0.1) is 0 Å². The van der Waals surface area contributed by atoms with Gasteiger partial charge in [0, 0.05) is 19.7 Å². The number of hydrogen-bond acceptors (Lipinski definition) is 3. The molecule has 0 bridgehead atoms. The highest BCUT2D eigenvalue weighted by Crippen LogP contribution is 2.34. The third-order valence-corrected chi connectivity index (χ3v) is 3.24. The zero-order valence-electron chi connectivity index (χ0n) is 8.91. The maximum absolute atomic E-state index is 12.9. The molecule has 6 heteroatoms. The molecule has 0 spiro atoms. The average Bonchev–Trinajstić information content (AvgIpc) is 2.76. The first kappa shape index (κ1) is 12.1. The van der Waals surface area contributed by atoms with Gasteiger partial charge in [-0.3, -0.25) is 4.90 Å². The van der Waals surface area contributed by atoms with Crippen LogP contribution < -0.4 is 0 Å². The van der Waals surface area contributed by atoms with Crippen molar-refractivity contribution in [2.45, 2.75) is 43.7 Å². The molecule has 0 saturated carbocycles. The molecular formula is C10H16F3NO2. The third-order valence-electron chi connectivity index (χ3n) is 3.24. The van der Waals surface area contributed by atoms with Gasteiger partial charge in [-0.2, -0.15) is 13.2 Å². The molecule has 2 aliphatic heterocycles. The van der Waals surface area contributed by atoms with Crippen LogP contribution in [-0.4, -0.2) is 54.1 Å². The molecule has 3 nitrogen and oxygen atoms in total. The van der Waals surface area contributed by atoms with Crippen molar-refractivity contribution in [3.63, 3.8) is 0 Å². The van der Waals surface area contributed by atoms with Gasteiger partial charge in [0.15, 0.2) is 0 Å². The van der Waals surface area contributed by atoms with E-state index in [9.17, 15) is 18.3 Å². The lowest BCUT2D eigenvalue weighted by Gasteiger charge is -2.33. The molecule has 0 aromatic rings. The fraction of sp³-hybridized carbons (Fsp3) is 1.00. The molecule has 2 aliphatic rings. The van der Waals surface area contributed by atoms with Crippen LogP contribution in [-0.2, 0) is 4.74 Å². The van der Waals surface area contributed by atoms with Gasteiger partial charge in [-0.1, -0.05) is 0 Å². The Labute approximate surface area is 92.2 Å². The lowest BCUT2D eigenvalue weighted by atomic mass is 10.1. The molecular weight excluding hydrogens is 223 g/mol. The van der Waals surface area contributed by atoms with Gasteiger partial charge in [-0.25, -0.2) is 0 Å². The highest BCUT2D eigenvalue weighted by Gasteiger charge is 2.50. The standard InChI is InChI=1S/C10H16F3NO2/c11-10(12,13)9(8-2-1-5-16-8)14-4-3-7(15)6-14/h7-9,15H,1-6H2/t7-,8?,9?/m0/s1. The van der Waals surface area contributed by atoms with Gasteiger partial charge in [0.1, 0.15) is 6.04 Å². The van der Waals surface area contributed by atoms with E-state index in [2.05, 4.69) is 0 Å². The minimum Gasteiger partial charge on any atom is -0.392 e. The number of likely N-dealkylation sites (tertiary alicyclic amines) is 1. The fourth-order valence-corrected chi connectivity index (χ4v) is 2.53. The highest BCUT2D eigenvalue weighted by molar-refractivity contribution is 4.92. The van der Waals surface area contributed by atoms with E-state index < -0.39 is 24.4 Å². The molecule has 2 unspecified atom stereocenters. The maximum atomic E-state index is 12.9. The minimum absolute atomic E-state index is 0.101. The summed E-state index contributed by atoms with van der Waals surface area (Å²) in [6.45, 7) is 0.808. The Morgan fingerprint density at radius 1 is 1.31 bits per heavy atom. The number of halogens is 3. The summed E-state index contributed by atoms with van der Waals surface area (Å²) in [7, 11) is 0. The molecule has 2 rings (SSSR count). The van der Waals surface area contributed by atoms with Gasteiger partial charge in [0.05, 0.1) is 12.2 Å². The number of hydrogen-bond donors (Lipinski definition) is 1. The normalized spacial score (nSPS) is 34.5. The van der Waals surface area contributed by atoms with Gasteiger partial charge in [0.25, 0.3) is 0 Å². The molecule has 3 atom stereocenters. The van der Waals surface area contributed by atoms with Crippen molar-refractivity contribution in [1.29, 1.82) is 0 Å². The van der Waals surface area contributed by atoms with Crippen molar-refractivity contribution in [2.24, 2.45) is 0 Å². The summed E-state index contributed by atoms with van der Waals surface area (Å²) < 4.78 is 44.0. The quantitative estimate of drug-likeness (QED) is 0.785. The topological polar surface area (TPSA) is 32.7 Å². The molecule has 2 saturated heterocycles. The lowest BCUT2D eigenvalue weighted by molar-refractivity contribution is -0.207. The average molecular weight is 239 g/mol. The van der Waals surface area contributed by atoms with Gasteiger partial charge < -0.3 is 9.84 Å². The van der Waals surface area contributed by atoms with E-state index in [0.29, 0.717) is 32.4 Å². The van der Waals surface area contributed by atoms with Crippen LogP contribution in [0.1, 0.15) is 19.3 Å². The van der Waals surface area contributed by atoms with Crippen LogP contribution in [0.25, 0.3) is 0 Å². The molecule has 0 amide bonds. The van der Waals surface area contributed by atoms with Crippen LogP contribution in [0.3, 0.4) is 0 Å². The summed E-state index contributed by atoms with van der Waals surface area (Å²) in [4.78, 5) is 1.31. The number of rotatable bonds is 2. The molecule has 0 radical (unpaired) electrons. The van der Waals surface area contributed by atoms with Crippen molar-refractivity contribution < 1.29 is 23.0 Å². The second-order valence-corrected chi connectivity index (χ2v) is 4.48. The Morgan fingerprint density at radius 2 is 2.06 bits per heavy atom. The Balaban J connectivity index is 2.08. The second-order valence-electron chi connectivity index (χ2n) is 4.48. The van der Waals surface area contributed by atoms with Crippen LogP contribution in [0.15, 0.2) is 0 Å². The van der Waals surface area contributed by atoms with E-state index in [1.54, 1.807) is 0 Å². The summed E-state index contributed by atoms with van der Waals surface area (Å²) in [6, 6.07) is -1.55. The molecule has 2 heterocycles. The van der Waals surface area contributed by atoms with E-state index in [1.807, 2.05) is 0 Å². The molecule has 1 N–H and O–H groups in total. The van der Waals surface area contributed by atoms with Crippen molar-refractivity contribution in [3.05, 3.63) is 0 Å². The number of ether oxygens (including phenoxy) is 1. The van der Waals surface area contributed by atoms with Crippen LogP contribution in [0.5, 0.6) is 0 Å². The van der Waals surface area contributed by atoms with Gasteiger partial charge in [-0.15, -0.1) is 0 Å². The van der Waals surface area contributed by atoms with E-state index in [0.717, 1.165) is 0 Å². The minimum atomic E-state index is -4.28. The summed E-state index contributed by atoms with van der Waals surface area (Å²) in [5, 5.41) is 9.31. The molecule has 0 aliphatic carbocycles. The molecule has 0 aromatic carbocycles. The number of β-amino-alcohol motifs (C(OH)–C–C–N with tert-alkyl or cyclic N) is 1. The largest absolute Gasteiger partial charge is 0.406 e. The van der Waals surface area contributed by atoms with Crippen molar-refractivity contribution >= 4 is 0 Å². The molecule has 94 valence electrons. The first-order valence-electron chi connectivity index (χ1n) is 5.59. The predicted molar refractivity (Wildman–Crippen MR) is 51.0 cm³/mol. The first-order valence-corrected chi connectivity index (χ1v) is 5.59. The number of aliphatic hydroxyl groups excluding tert-OH is 1. The Kier molecular flexibility index (Phi) is 3.42. The maximum Gasteiger partial charge on any atom is 0.406 e. The van der Waals surface area contributed by atoms with E-state index in [4.69, 9.17) is 4.74 Å². The lowest BCUT2D eigenvalue weighted by Crippen LogP contribution is -2.52. The van der Waals surface area contributed by atoms with Crippen molar-refractivity contribution in [2.75, 3.05) is 19.7 Å². The zero-order valence-corrected chi connectivity index (χ0v) is 8.91. The molecule has 2 fully saturated rings. The predicted octanol–water partition coefficient (Wildman–Crippen LogP) is 1.16. The third kappa shape index (κ3) is 2.49. The molecule has 16 heavy (non-hydrogen) atoms. The second kappa shape index (κ2) is 4.50. The monoisotopic (exact) mass is 239 g/mol. The van der Waals surface area contributed by atoms with Crippen LogP contribution in [0.2, 0.25) is 0 Å². The van der Waals surface area contributed by atoms with Gasteiger partial charge in [0.2, 0.25) is 0 Å². The Morgan fingerprint density at radius 3 is 2.50 bits per heavy atom. The summed E-state index contributed by atoms with van der Waals surface area (Å²) in [6.07, 6.45) is -4.11. The van der Waals surface area contributed by atoms with Gasteiger partial charge >= 0.3 is 6.18 Å². The highest BCUT2D eigenvalue weighted by atomic mass is 19.4. The van der Waals surface area contributed by atoms with Crippen LogP contribution >= 0.6 is 0 Å². The molecule has 0 aromatic heterocycles. The number of nitrogens with zero attached hydrogens (tertiary/aromatic N) is 1. The van der Waals surface area contributed by atoms with Crippen LogP contribution in [0.4, 0.5) is 13.2 Å². The van der Waals surface area contributed by atoms with Crippen molar-refractivity contribution in [1.82, 2.24) is 4.90 Å². The van der Waals surface area contributed by atoms with E-state index >= 15 is 0 Å². The van der Waals surface area contributed by atoms with Crippen molar-refractivity contribution in [3.8, 4) is 0 Å². The Bertz CT molecular complexity index is 241. The number of aliphatic hydroxyl groups is 1. The summed E-state index contributed by atoms with van der Waals surface area (Å²) in [5.74, 6) is 0. The van der Waals surface area contributed by atoms with E-state index in [1.165, 1.54) is 4.90 Å². The van der Waals surface area contributed by atoms with Gasteiger partial charge in [-0.05, 0) is 19.3 Å². The summed E-state index contributed by atoms with van der Waals surface area (Å²) in [5.41, 5.74) is 0. The zero-order chi connectivity index (χ0) is 11.8. The first-order chi connectivity index (χ1) is 7.48.